The molecule has 4 amide bonds. The first-order valence-corrected chi connectivity index (χ1v) is 15.8. The lowest BCUT2D eigenvalue weighted by Gasteiger charge is -2.31. The average Bonchev–Trinajstić information content (AvgIpc) is 3.10. The molecule has 0 saturated heterocycles. The summed E-state index contributed by atoms with van der Waals surface area (Å²) in [6.45, 7) is 15.1. The van der Waals surface area contributed by atoms with E-state index in [9.17, 15) is 38.4 Å². The quantitative estimate of drug-likeness (QED) is 0.0469. The Bertz CT molecular complexity index is 1170. The fourth-order valence-corrected chi connectivity index (χ4v) is 3.01. The summed E-state index contributed by atoms with van der Waals surface area (Å²) in [5.74, 6) is -2.73. The zero-order valence-electron chi connectivity index (χ0n) is 30.3. The van der Waals surface area contributed by atoms with E-state index < -0.39 is 80.1 Å². The van der Waals surface area contributed by atoms with Crippen LogP contribution in [0.4, 0.5) is 19.2 Å². The van der Waals surface area contributed by atoms with Gasteiger partial charge in [0.05, 0.1) is 26.2 Å². The fourth-order valence-electron chi connectivity index (χ4n) is 3.01. The summed E-state index contributed by atoms with van der Waals surface area (Å²) in [6, 6.07) is 0. The number of alkyl carbamates (subject to hydrolysis) is 4. The fraction of sp³-hybridized carbons (Fsp3) is 0.515. The van der Waals surface area contributed by atoms with Crippen molar-refractivity contribution in [2.75, 3.05) is 79.0 Å². The molecule has 0 aromatic carbocycles. The van der Waals surface area contributed by atoms with Gasteiger partial charge in [-0.15, -0.1) is 0 Å². The Morgan fingerprint density at radius 3 is 0.736 bits per heavy atom. The van der Waals surface area contributed by atoms with Crippen molar-refractivity contribution in [1.82, 2.24) is 21.3 Å². The van der Waals surface area contributed by atoms with Crippen molar-refractivity contribution >= 4 is 48.3 Å². The number of hydrogen-bond donors (Lipinski definition) is 4. The van der Waals surface area contributed by atoms with Crippen molar-refractivity contribution in [3.05, 3.63) is 48.6 Å². The van der Waals surface area contributed by atoms with E-state index in [-0.39, 0.29) is 74.9 Å². The van der Waals surface area contributed by atoms with Crippen molar-refractivity contribution in [3.8, 4) is 0 Å². The molecule has 0 unspecified atom stereocenters. The summed E-state index contributed by atoms with van der Waals surface area (Å²) in [4.78, 5) is 96.3. The Morgan fingerprint density at radius 2 is 0.566 bits per heavy atom. The molecule has 0 spiro atoms. The van der Waals surface area contributed by atoms with Gasteiger partial charge in [-0.25, -0.2) is 38.4 Å². The predicted molar refractivity (Wildman–Crippen MR) is 183 cm³/mol. The molecule has 0 aromatic heterocycles. The third-order valence-electron chi connectivity index (χ3n) is 5.85. The molecule has 0 bridgehead atoms. The summed E-state index contributed by atoms with van der Waals surface area (Å²) in [5.41, 5.74) is -1.20. The molecule has 20 heteroatoms. The van der Waals surface area contributed by atoms with Crippen molar-refractivity contribution in [1.29, 1.82) is 0 Å². The Kier molecular flexibility index (Phi) is 22.8. The monoisotopic (exact) mass is 756 g/mol. The van der Waals surface area contributed by atoms with E-state index in [4.69, 9.17) is 37.9 Å². The van der Waals surface area contributed by atoms with Gasteiger partial charge < -0.3 is 59.2 Å². The number of esters is 4. The molecular weight excluding hydrogens is 708 g/mol. The summed E-state index contributed by atoms with van der Waals surface area (Å²) in [6.07, 6.45) is -4.18. The summed E-state index contributed by atoms with van der Waals surface area (Å²) in [7, 11) is 0. The third kappa shape index (κ3) is 23.1. The summed E-state index contributed by atoms with van der Waals surface area (Å²) < 4.78 is 40.6. The lowest BCUT2D eigenvalue weighted by Crippen LogP contribution is -2.47. The van der Waals surface area contributed by atoms with Crippen LogP contribution in [-0.4, -0.2) is 127 Å². The van der Waals surface area contributed by atoms with Crippen LogP contribution in [0.3, 0.4) is 0 Å². The highest BCUT2D eigenvalue weighted by atomic mass is 16.6. The minimum absolute atomic E-state index is 0.142. The van der Waals surface area contributed by atoms with E-state index in [0.29, 0.717) is 0 Å². The van der Waals surface area contributed by atoms with E-state index in [1.54, 1.807) is 0 Å². The van der Waals surface area contributed by atoms with E-state index in [1.807, 2.05) is 0 Å². The zero-order valence-corrected chi connectivity index (χ0v) is 30.3. The molecule has 0 aliphatic heterocycles. The molecule has 0 aliphatic carbocycles. The zero-order chi connectivity index (χ0) is 40.4. The third-order valence-corrected chi connectivity index (χ3v) is 5.85. The molecule has 0 atom stereocenters. The second-order valence-corrected chi connectivity index (χ2v) is 11.2. The molecule has 296 valence electrons. The topological polar surface area (TPSA) is 259 Å². The smallest absolute Gasteiger partial charge is 0.407 e. The minimum atomic E-state index is -1.76. The summed E-state index contributed by atoms with van der Waals surface area (Å²) in [5, 5.41) is 9.31. The molecule has 0 aromatic rings. The number of carbonyl (C=O) groups excluding carboxylic acids is 8. The first-order valence-electron chi connectivity index (χ1n) is 15.8. The molecule has 53 heavy (non-hydrogen) atoms. The van der Waals surface area contributed by atoms with Crippen LogP contribution in [0.5, 0.6) is 0 Å². The average molecular weight is 757 g/mol. The lowest BCUT2D eigenvalue weighted by molar-refractivity contribution is -0.139. The Labute approximate surface area is 306 Å². The van der Waals surface area contributed by atoms with Crippen LogP contribution >= 0.6 is 0 Å². The highest BCUT2D eigenvalue weighted by Gasteiger charge is 2.38. The molecule has 20 nitrogen and oxygen atoms in total. The van der Waals surface area contributed by atoms with Crippen LogP contribution in [0.1, 0.15) is 27.7 Å². The van der Waals surface area contributed by atoms with E-state index >= 15 is 0 Å². The summed E-state index contributed by atoms with van der Waals surface area (Å²) >= 11 is 0. The van der Waals surface area contributed by atoms with Crippen LogP contribution in [-0.2, 0) is 57.1 Å². The standard InChI is InChI=1S/C33H48N4O16/c1-21(2)25(38)46-13-9-34-29(42)50-17-33(18-51-30(43)35-10-14-47-26(39)22(3)4,19-52-31(44)36-11-15-48-27(40)23(5)6)20-53-32(45)37-12-16-49-28(41)24(7)8/h1,3,5,7,9-20H2,2,4,6,8H3,(H,34,42)(H,35,43)(H,36,44)(H,37,45). The van der Waals surface area contributed by atoms with Gasteiger partial charge in [-0.2, -0.15) is 0 Å². The van der Waals surface area contributed by atoms with Crippen LogP contribution < -0.4 is 21.3 Å². The number of ether oxygens (including phenoxy) is 8. The number of rotatable bonds is 24. The maximum atomic E-state index is 12.5. The number of nitrogens with one attached hydrogen (secondary N) is 4. The van der Waals surface area contributed by atoms with Gasteiger partial charge >= 0.3 is 48.3 Å². The van der Waals surface area contributed by atoms with Gasteiger partial charge in [0.2, 0.25) is 0 Å². The molecule has 0 radical (unpaired) electrons. The number of hydrogen-bond acceptors (Lipinski definition) is 16. The first-order chi connectivity index (χ1) is 24.9. The van der Waals surface area contributed by atoms with Gasteiger partial charge in [-0.3, -0.25) is 0 Å². The Hall–Kier alpha value is -6.08. The Morgan fingerprint density at radius 1 is 0.377 bits per heavy atom. The first kappa shape index (κ1) is 46.9. The minimum Gasteiger partial charge on any atom is -0.460 e. The molecule has 0 heterocycles. The highest BCUT2D eigenvalue weighted by Crippen LogP contribution is 2.21. The normalized spacial score (nSPS) is 10.2. The second kappa shape index (κ2) is 25.8. The molecule has 0 fully saturated rings. The molecule has 0 saturated carbocycles. The van der Waals surface area contributed by atoms with E-state index in [1.165, 1.54) is 27.7 Å². The van der Waals surface area contributed by atoms with Crippen LogP contribution in [0.25, 0.3) is 0 Å². The predicted octanol–water partition coefficient (Wildman–Crippen LogP) is 1.35. The van der Waals surface area contributed by atoms with Gasteiger partial charge in [-0.05, 0) is 27.7 Å². The Balaban J connectivity index is 5.81. The molecule has 4 N–H and O–H groups in total. The van der Waals surface area contributed by atoms with E-state index in [0.717, 1.165) is 0 Å². The van der Waals surface area contributed by atoms with Gasteiger partial charge in [0.25, 0.3) is 0 Å². The number of amides is 4. The van der Waals surface area contributed by atoms with Crippen molar-refractivity contribution in [2.24, 2.45) is 5.41 Å². The number of carbonyl (C=O) groups is 8. The van der Waals surface area contributed by atoms with Crippen LogP contribution in [0.2, 0.25) is 0 Å². The van der Waals surface area contributed by atoms with Crippen LogP contribution in [0, 0.1) is 5.41 Å². The van der Waals surface area contributed by atoms with Gasteiger partial charge in [-0.1, -0.05) is 26.3 Å². The van der Waals surface area contributed by atoms with Gasteiger partial charge in [0.1, 0.15) is 58.3 Å². The van der Waals surface area contributed by atoms with Crippen molar-refractivity contribution < 1.29 is 76.3 Å². The molecule has 0 aliphatic rings. The lowest BCUT2D eigenvalue weighted by atomic mass is 9.92. The van der Waals surface area contributed by atoms with Gasteiger partial charge in [0.15, 0.2) is 0 Å². The maximum absolute atomic E-state index is 12.5. The van der Waals surface area contributed by atoms with Gasteiger partial charge in [0, 0.05) is 22.3 Å². The second-order valence-electron chi connectivity index (χ2n) is 11.2. The maximum Gasteiger partial charge on any atom is 0.407 e. The SMILES string of the molecule is C=C(C)C(=O)OCCNC(=O)OCC(COC(=O)NCCOC(=O)C(=C)C)(COC(=O)NCCOC(=O)C(=C)C)COC(=O)NCCOC(=O)C(=C)C. The van der Waals surface area contributed by atoms with E-state index in [2.05, 4.69) is 47.6 Å². The van der Waals surface area contributed by atoms with Crippen LogP contribution in [0.15, 0.2) is 48.6 Å². The van der Waals surface area contributed by atoms with Crippen molar-refractivity contribution in [3.63, 3.8) is 0 Å². The highest BCUT2D eigenvalue weighted by molar-refractivity contribution is 5.88. The largest absolute Gasteiger partial charge is 0.460 e. The molecular formula is C33H48N4O16. The molecule has 0 rings (SSSR count). The van der Waals surface area contributed by atoms with Crippen molar-refractivity contribution in [2.45, 2.75) is 27.7 Å².